The summed E-state index contributed by atoms with van der Waals surface area (Å²) < 4.78 is 0. The van der Waals surface area contributed by atoms with Crippen molar-refractivity contribution in [3.05, 3.63) is 0 Å². The van der Waals surface area contributed by atoms with Crippen LogP contribution in [0.3, 0.4) is 0 Å². The molecule has 94 valence electrons. The topological polar surface area (TPSA) is 116 Å². The van der Waals surface area contributed by atoms with Gasteiger partial charge in [-0.2, -0.15) is 5.10 Å². The summed E-state index contributed by atoms with van der Waals surface area (Å²) in [6, 6.07) is 0. The van der Waals surface area contributed by atoms with E-state index in [2.05, 4.69) is 33.1 Å². The molecule has 0 aromatic heterocycles. The Kier molecular flexibility index (Phi) is 4.00. The fraction of sp³-hybridized carbons (Fsp3) is 0.556. The molecule has 0 bridgehead atoms. The second kappa shape index (κ2) is 5.09. The summed E-state index contributed by atoms with van der Waals surface area (Å²) >= 11 is 4.63. The number of nitrogens with one attached hydrogen (secondary N) is 1. The van der Waals surface area contributed by atoms with Crippen molar-refractivity contribution in [2.75, 3.05) is 0 Å². The van der Waals surface area contributed by atoms with Gasteiger partial charge in [0.1, 0.15) is 5.71 Å². The van der Waals surface area contributed by atoms with Crippen molar-refractivity contribution < 1.29 is 10.4 Å². The average Bonchev–Trinajstić information content (AvgIpc) is 2.24. The van der Waals surface area contributed by atoms with Crippen LogP contribution < -0.4 is 11.2 Å². The number of hydrogen-bond donors (Lipinski definition) is 4. The molecule has 0 radical (unpaired) electrons. The molecular weight excluding hydrogens is 242 g/mol. The van der Waals surface area contributed by atoms with E-state index in [1.165, 1.54) is 0 Å². The van der Waals surface area contributed by atoms with Crippen LogP contribution in [0, 0.1) is 5.41 Å². The smallest absolute Gasteiger partial charge is 0.184 e. The molecule has 1 fully saturated rings. The molecule has 0 unspecified atom stereocenters. The molecule has 1 aliphatic rings. The van der Waals surface area contributed by atoms with Gasteiger partial charge in [0.25, 0.3) is 0 Å². The fourth-order valence-corrected chi connectivity index (χ4v) is 1.76. The maximum atomic E-state index is 8.92. The van der Waals surface area contributed by atoms with Crippen LogP contribution in [0.5, 0.6) is 0 Å². The van der Waals surface area contributed by atoms with Crippen LogP contribution in [0.4, 0.5) is 0 Å². The largest absolute Gasteiger partial charge is 0.411 e. The van der Waals surface area contributed by atoms with Gasteiger partial charge in [-0.05, 0) is 24.1 Å². The van der Waals surface area contributed by atoms with Crippen LogP contribution in [-0.2, 0) is 0 Å². The minimum Gasteiger partial charge on any atom is -0.411 e. The quantitative estimate of drug-likeness (QED) is 0.313. The summed E-state index contributed by atoms with van der Waals surface area (Å²) in [7, 11) is 0. The lowest BCUT2D eigenvalue weighted by molar-refractivity contribution is 0.306. The van der Waals surface area contributed by atoms with E-state index in [1.807, 2.05) is 13.8 Å². The summed E-state index contributed by atoms with van der Waals surface area (Å²) in [4.78, 5) is 0. The van der Waals surface area contributed by atoms with Gasteiger partial charge in [-0.1, -0.05) is 24.2 Å². The number of nitrogens with two attached hydrogens (primary N) is 1. The maximum Gasteiger partial charge on any atom is 0.184 e. The highest BCUT2D eigenvalue weighted by molar-refractivity contribution is 7.80. The normalized spacial score (nSPS) is 26.4. The minimum atomic E-state index is -0.146. The van der Waals surface area contributed by atoms with Crippen molar-refractivity contribution in [1.29, 1.82) is 0 Å². The molecule has 0 spiro atoms. The van der Waals surface area contributed by atoms with Gasteiger partial charge < -0.3 is 16.1 Å². The van der Waals surface area contributed by atoms with Gasteiger partial charge in [0.05, 0.1) is 5.71 Å². The molecule has 0 atom stereocenters. The van der Waals surface area contributed by atoms with Crippen molar-refractivity contribution >= 4 is 34.5 Å². The molecular formula is C9H15N5O2S. The zero-order valence-corrected chi connectivity index (χ0v) is 10.5. The molecule has 0 aliphatic heterocycles. The van der Waals surface area contributed by atoms with E-state index in [0.29, 0.717) is 18.6 Å². The van der Waals surface area contributed by atoms with Crippen molar-refractivity contribution in [2.24, 2.45) is 26.6 Å². The third-order valence-electron chi connectivity index (χ3n) is 2.36. The van der Waals surface area contributed by atoms with Gasteiger partial charge in [0.15, 0.2) is 10.8 Å². The second-order valence-electron chi connectivity index (χ2n) is 4.55. The molecule has 0 aromatic carbocycles. The molecule has 17 heavy (non-hydrogen) atoms. The van der Waals surface area contributed by atoms with Gasteiger partial charge in [0, 0.05) is 6.42 Å². The van der Waals surface area contributed by atoms with E-state index in [-0.39, 0.29) is 22.0 Å². The Bertz CT molecular complexity index is 414. The standard InChI is InChI=1S/C9H15N5O2S/c1-9(2)3-5(11-12-8(10)17)7(14-16)6(4-9)13-15/h15-16H,3-4H2,1-2H3,(H3,10,12,17)/b11-5+,13-6+,14-7-. The maximum absolute atomic E-state index is 8.92. The van der Waals surface area contributed by atoms with E-state index in [4.69, 9.17) is 16.1 Å². The van der Waals surface area contributed by atoms with Crippen LogP contribution in [0.1, 0.15) is 26.7 Å². The SMILES string of the molecule is CC1(C)CC(=N\O)/C(=N\O)C(=N/NC(N)=S)/C1. The van der Waals surface area contributed by atoms with Gasteiger partial charge in [-0.3, -0.25) is 5.43 Å². The first-order chi connectivity index (χ1) is 7.89. The van der Waals surface area contributed by atoms with Crippen molar-refractivity contribution in [1.82, 2.24) is 5.43 Å². The molecule has 1 saturated carbocycles. The first kappa shape index (κ1) is 13.4. The minimum absolute atomic E-state index is 0.0145. The lowest BCUT2D eigenvalue weighted by atomic mass is 9.74. The zero-order valence-electron chi connectivity index (χ0n) is 9.64. The Morgan fingerprint density at radius 1 is 1.29 bits per heavy atom. The molecule has 0 saturated heterocycles. The van der Waals surface area contributed by atoms with Crippen LogP contribution in [0.15, 0.2) is 15.4 Å². The molecule has 1 aliphatic carbocycles. The Morgan fingerprint density at radius 2 is 1.88 bits per heavy atom. The van der Waals surface area contributed by atoms with Crippen LogP contribution in [-0.4, -0.2) is 32.7 Å². The van der Waals surface area contributed by atoms with Crippen molar-refractivity contribution in [3.63, 3.8) is 0 Å². The van der Waals surface area contributed by atoms with Gasteiger partial charge in [0.2, 0.25) is 0 Å². The number of nitrogens with zero attached hydrogens (tertiary/aromatic N) is 3. The number of thiocarbonyl (C=S) groups is 1. The predicted octanol–water partition coefficient (Wildman–Crippen LogP) is 0.656. The Hall–Kier alpha value is -1.70. The number of hydrazone groups is 1. The monoisotopic (exact) mass is 257 g/mol. The third-order valence-corrected chi connectivity index (χ3v) is 2.45. The van der Waals surface area contributed by atoms with E-state index in [0.717, 1.165) is 0 Å². The summed E-state index contributed by atoms with van der Waals surface area (Å²) in [5, 5.41) is 28.0. The molecule has 7 nitrogen and oxygen atoms in total. The first-order valence-corrected chi connectivity index (χ1v) is 5.36. The summed E-state index contributed by atoms with van der Waals surface area (Å²) in [5.41, 5.74) is 8.43. The highest BCUT2D eigenvalue weighted by Gasteiger charge is 2.35. The zero-order chi connectivity index (χ0) is 13.1. The Morgan fingerprint density at radius 3 is 2.35 bits per heavy atom. The van der Waals surface area contributed by atoms with Gasteiger partial charge >= 0.3 is 0 Å². The first-order valence-electron chi connectivity index (χ1n) is 4.95. The highest BCUT2D eigenvalue weighted by atomic mass is 32.1. The fourth-order valence-electron chi connectivity index (χ4n) is 1.72. The van der Waals surface area contributed by atoms with Gasteiger partial charge in [-0.25, -0.2) is 0 Å². The van der Waals surface area contributed by atoms with E-state index in [1.54, 1.807) is 0 Å². The summed E-state index contributed by atoms with van der Waals surface area (Å²) in [5.74, 6) is 0. The lowest BCUT2D eigenvalue weighted by Gasteiger charge is -2.30. The summed E-state index contributed by atoms with van der Waals surface area (Å²) in [6.45, 7) is 3.98. The Balaban J connectivity index is 3.08. The predicted molar refractivity (Wildman–Crippen MR) is 68.8 cm³/mol. The number of oxime groups is 2. The Labute approximate surface area is 104 Å². The third kappa shape index (κ3) is 3.38. The lowest BCUT2D eigenvalue weighted by Crippen LogP contribution is -2.40. The molecule has 0 amide bonds. The van der Waals surface area contributed by atoms with Crippen molar-refractivity contribution in [3.8, 4) is 0 Å². The van der Waals surface area contributed by atoms with Crippen LogP contribution in [0.25, 0.3) is 0 Å². The van der Waals surface area contributed by atoms with Crippen LogP contribution >= 0.6 is 12.2 Å². The molecule has 1 rings (SSSR count). The molecule has 8 heteroatoms. The number of hydrogen-bond acceptors (Lipinski definition) is 6. The van der Waals surface area contributed by atoms with E-state index < -0.39 is 0 Å². The molecule has 0 heterocycles. The summed E-state index contributed by atoms with van der Waals surface area (Å²) in [6.07, 6.45) is 1.05. The van der Waals surface area contributed by atoms with E-state index >= 15 is 0 Å². The average molecular weight is 257 g/mol. The highest BCUT2D eigenvalue weighted by Crippen LogP contribution is 2.31. The van der Waals surface area contributed by atoms with E-state index in [9.17, 15) is 0 Å². The van der Waals surface area contributed by atoms with Crippen molar-refractivity contribution in [2.45, 2.75) is 26.7 Å². The van der Waals surface area contributed by atoms with Gasteiger partial charge in [-0.15, -0.1) is 0 Å². The number of rotatable bonds is 1. The molecule has 0 aromatic rings. The molecule has 5 N–H and O–H groups in total. The second-order valence-corrected chi connectivity index (χ2v) is 4.99. The van der Waals surface area contributed by atoms with Crippen LogP contribution in [0.2, 0.25) is 0 Å².